The van der Waals surface area contributed by atoms with Gasteiger partial charge in [0, 0.05) is 73.7 Å². The van der Waals surface area contributed by atoms with Crippen molar-refractivity contribution < 1.29 is 22.1 Å². The molecule has 12 nitrogen and oxygen atoms in total. The van der Waals surface area contributed by atoms with Crippen LogP contribution >= 0.6 is 0 Å². The Kier molecular flexibility index (Phi) is 6.98. The number of ether oxygens (including phenoxy) is 1. The number of nitrogens with two attached hydrogens (primary N) is 1. The largest absolute Gasteiger partial charge is 0.487 e. The fraction of sp³-hybridized carbons (Fsp3) is 0.407. The molecule has 5 aromatic rings. The number of nitrogens with zero attached hydrogens (tertiary/aromatic N) is 8. The zero-order chi connectivity index (χ0) is 28.8. The molecule has 4 aromatic heterocycles. The van der Waals surface area contributed by atoms with Crippen molar-refractivity contribution in [3.8, 4) is 17.3 Å². The van der Waals surface area contributed by atoms with Gasteiger partial charge in [0.1, 0.15) is 11.9 Å². The predicted molar refractivity (Wildman–Crippen MR) is 153 cm³/mol. The molecule has 2 saturated heterocycles. The average Bonchev–Trinajstić information content (AvgIpc) is 3.75. The lowest BCUT2D eigenvalue weighted by Gasteiger charge is -2.36. The summed E-state index contributed by atoms with van der Waals surface area (Å²) in [6.07, 6.45) is 4.26. The third kappa shape index (κ3) is 5.06. The molecule has 220 valence electrons. The van der Waals surface area contributed by atoms with Gasteiger partial charge >= 0.3 is 0 Å². The summed E-state index contributed by atoms with van der Waals surface area (Å²) in [5.74, 6) is 0.917. The van der Waals surface area contributed by atoms with Crippen molar-refractivity contribution in [2.45, 2.75) is 25.5 Å². The molecule has 2 aliphatic heterocycles. The van der Waals surface area contributed by atoms with Crippen LogP contribution in [-0.4, -0.2) is 88.6 Å². The highest BCUT2D eigenvalue weighted by Crippen LogP contribution is 2.31. The Morgan fingerprint density at radius 1 is 1.05 bits per heavy atom. The highest BCUT2D eigenvalue weighted by molar-refractivity contribution is 7.85. The molecule has 0 unspecified atom stereocenters. The van der Waals surface area contributed by atoms with E-state index in [2.05, 4.69) is 25.0 Å². The second-order valence-electron chi connectivity index (χ2n) is 10.5. The van der Waals surface area contributed by atoms with E-state index in [0.717, 1.165) is 12.6 Å². The number of anilines is 2. The van der Waals surface area contributed by atoms with Crippen LogP contribution in [0.1, 0.15) is 12.8 Å². The topological polar surface area (TPSA) is 133 Å². The summed E-state index contributed by atoms with van der Waals surface area (Å²) in [6, 6.07) is 5.89. The Balaban J connectivity index is 1.01. The van der Waals surface area contributed by atoms with Gasteiger partial charge in [-0.05, 0) is 25.0 Å². The number of furan rings is 1. The first-order valence-electron chi connectivity index (χ1n) is 13.8. The van der Waals surface area contributed by atoms with E-state index >= 15 is 0 Å². The second-order valence-corrected chi connectivity index (χ2v) is 12.2. The van der Waals surface area contributed by atoms with E-state index in [4.69, 9.17) is 14.9 Å². The number of fused-ring (bicyclic) bond motifs is 3. The van der Waals surface area contributed by atoms with Gasteiger partial charge in [-0.15, -0.1) is 5.10 Å². The van der Waals surface area contributed by atoms with Gasteiger partial charge in [0.25, 0.3) is 0 Å². The zero-order valence-corrected chi connectivity index (χ0v) is 23.5. The first-order valence-corrected chi connectivity index (χ1v) is 15.3. The normalized spacial score (nSPS) is 20.1. The average molecular weight is 598 g/mol. The number of hydrogen-bond donors (Lipinski definition) is 1. The van der Waals surface area contributed by atoms with Crippen molar-refractivity contribution in [1.29, 1.82) is 0 Å². The molecular formula is C27H29F2N9O3S. The lowest BCUT2D eigenvalue weighted by Crippen LogP contribution is -2.47. The minimum Gasteiger partial charge on any atom is -0.487 e. The van der Waals surface area contributed by atoms with Crippen molar-refractivity contribution in [3.05, 3.63) is 48.5 Å². The van der Waals surface area contributed by atoms with E-state index in [1.165, 1.54) is 10.6 Å². The van der Waals surface area contributed by atoms with Crippen LogP contribution in [0.25, 0.3) is 28.4 Å². The summed E-state index contributed by atoms with van der Waals surface area (Å²) in [5, 5.41) is 4.41. The van der Waals surface area contributed by atoms with E-state index in [0.29, 0.717) is 91.2 Å². The van der Waals surface area contributed by atoms with Gasteiger partial charge in [0.2, 0.25) is 11.8 Å². The molecule has 1 aromatic carbocycles. The third-order valence-electron chi connectivity index (χ3n) is 7.81. The van der Waals surface area contributed by atoms with Gasteiger partial charge in [-0.25, -0.2) is 18.7 Å². The van der Waals surface area contributed by atoms with Crippen LogP contribution in [0, 0.1) is 11.6 Å². The molecule has 2 fully saturated rings. The number of hydrogen-bond acceptors (Lipinski definition) is 10. The van der Waals surface area contributed by atoms with E-state index in [1.807, 2.05) is 9.47 Å². The molecule has 0 bridgehead atoms. The van der Waals surface area contributed by atoms with Crippen molar-refractivity contribution in [3.63, 3.8) is 0 Å². The number of nitrogen functional groups attached to an aromatic ring is 1. The molecule has 0 radical (unpaired) electrons. The van der Waals surface area contributed by atoms with Crippen LogP contribution in [0.15, 0.2) is 41.3 Å². The minimum absolute atomic E-state index is 0.0448. The van der Waals surface area contributed by atoms with Crippen molar-refractivity contribution in [2.24, 2.45) is 0 Å². The fourth-order valence-electron chi connectivity index (χ4n) is 5.49. The Morgan fingerprint density at radius 3 is 2.62 bits per heavy atom. The van der Waals surface area contributed by atoms with Gasteiger partial charge in [-0.3, -0.25) is 9.11 Å². The number of halogens is 2. The van der Waals surface area contributed by atoms with Crippen molar-refractivity contribution in [1.82, 2.24) is 34.0 Å². The van der Waals surface area contributed by atoms with E-state index in [9.17, 15) is 13.0 Å². The third-order valence-corrected chi connectivity index (χ3v) is 9.19. The Labute approximate surface area is 241 Å². The number of imidazole rings is 1. The molecule has 0 saturated carbocycles. The van der Waals surface area contributed by atoms with Crippen LogP contribution in [0.4, 0.5) is 20.4 Å². The summed E-state index contributed by atoms with van der Waals surface area (Å²) in [6.45, 7) is 3.90. The Morgan fingerprint density at radius 2 is 1.86 bits per heavy atom. The molecular weight excluding hydrogens is 568 g/mol. The summed E-state index contributed by atoms with van der Waals surface area (Å²) in [5.41, 5.74) is 8.23. The first-order chi connectivity index (χ1) is 20.4. The Hall–Kier alpha value is -4.11. The fourth-order valence-corrected chi connectivity index (χ4v) is 6.74. The van der Waals surface area contributed by atoms with Gasteiger partial charge in [-0.1, -0.05) is 0 Å². The zero-order valence-electron chi connectivity index (χ0n) is 22.7. The number of aromatic nitrogens is 6. The lowest BCUT2D eigenvalue weighted by molar-refractivity contribution is 0.182. The molecule has 0 atom stereocenters. The standard InChI is InChI=1S/C27H29F2N9O3S/c28-18-14-19(29)22(41-17-3-12-42(39)13-4-17)15-20(18)36-8-5-35(6-9-36)7-10-37-16-31-23-25(37)33-27(30)38-26(23)32-24(34-38)21-2-1-11-40-21/h1-2,11,14-17H,3-10,12-13H2,(H2,30,33). The van der Waals surface area contributed by atoms with Gasteiger partial charge in [-0.2, -0.15) is 9.50 Å². The summed E-state index contributed by atoms with van der Waals surface area (Å²) < 4.78 is 55.6. The first kappa shape index (κ1) is 26.8. The summed E-state index contributed by atoms with van der Waals surface area (Å²) in [7, 11) is -0.840. The molecule has 0 aliphatic carbocycles. The van der Waals surface area contributed by atoms with E-state index in [-0.39, 0.29) is 17.8 Å². The monoisotopic (exact) mass is 597 g/mol. The molecule has 0 spiro atoms. The molecule has 2 aliphatic rings. The van der Waals surface area contributed by atoms with Crippen LogP contribution in [-0.2, 0) is 17.3 Å². The SMILES string of the molecule is Nc1nc2c(ncn2CCN2CCN(c3cc(OC4CCS(=O)CC4)c(F)cc3F)CC2)c2nc(-c3ccco3)nn12. The maximum absolute atomic E-state index is 14.8. The number of benzene rings is 1. The van der Waals surface area contributed by atoms with Gasteiger partial charge in [0.05, 0.1) is 18.3 Å². The minimum atomic E-state index is -0.840. The lowest BCUT2D eigenvalue weighted by atomic mass is 10.2. The Bertz CT molecular complexity index is 1760. The summed E-state index contributed by atoms with van der Waals surface area (Å²) >= 11 is 0. The smallest absolute Gasteiger partial charge is 0.225 e. The number of piperazine rings is 1. The second kappa shape index (κ2) is 10.9. The molecule has 15 heteroatoms. The van der Waals surface area contributed by atoms with Crippen molar-refractivity contribution in [2.75, 3.05) is 54.9 Å². The van der Waals surface area contributed by atoms with Gasteiger partial charge < -0.3 is 24.4 Å². The highest BCUT2D eigenvalue weighted by Gasteiger charge is 2.25. The van der Waals surface area contributed by atoms with Crippen molar-refractivity contribution >= 4 is 39.2 Å². The summed E-state index contributed by atoms with van der Waals surface area (Å²) in [4.78, 5) is 17.8. The van der Waals surface area contributed by atoms with Crippen LogP contribution in [0.3, 0.4) is 0 Å². The van der Waals surface area contributed by atoms with E-state index in [1.54, 1.807) is 24.7 Å². The van der Waals surface area contributed by atoms with Crippen LogP contribution in [0.2, 0.25) is 0 Å². The van der Waals surface area contributed by atoms with Crippen LogP contribution in [0.5, 0.6) is 5.75 Å². The molecule has 6 heterocycles. The maximum atomic E-state index is 14.8. The maximum Gasteiger partial charge on any atom is 0.225 e. The molecule has 0 amide bonds. The quantitative estimate of drug-likeness (QED) is 0.299. The van der Waals surface area contributed by atoms with Gasteiger partial charge in [0.15, 0.2) is 34.1 Å². The molecule has 2 N–H and O–H groups in total. The number of rotatable bonds is 7. The predicted octanol–water partition coefficient (Wildman–Crippen LogP) is 2.71. The molecule has 7 rings (SSSR count). The molecule has 42 heavy (non-hydrogen) atoms. The van der Waals surface area contributed by atoms with Crippen LogP contribution < -0.4 is 15.4 Å². The highest BCUT2D eigenvalue weighted by atomic mass is 32.2. The van der Waals surface area contributed by atoms with E-state index < -0.39 is 22.4 Å².